The lowest BCUT2D eigenvalue weighted by molar-refractivity contribution is -0.347. The van der Waals surface area contributed by atoms with E-state index in [-0.39, 0.29) is 12.8 Å². The fourth-order valence-electron chi connectivity index (χ4n) is 6.52. The van der Waals surface area contributed by atoms with E-state index in [2.05, 4.69) is 13.8 Å². The monoisotopic (exact) mass is 683 g/mol. The van der Waals surface area contributed by atoms with E-state index < -0.39 is 54.0 Å². The molecule has 9 nitrogen and oxygen atoms in total. The number of aliphatic hydroxyl groups excluding tert-OH is 1. The molecule has 48 heavy (non-hydrogen) atoms. The van der Waals surface area contributed by atoms with E-state index in [1.54, 1.807) is 0 Å². The molecule has 280 valence electrons. The van der Waals surface area contributed by atoms with Crippen LogP contribution in [0, 0.1) is 0 Å². The van der Waals surface area contributed by atoms with Gasteiger partial charge in [0.1, 0.15) is 0 Å². The van der Waals surface area contributed by atoms with Crippen molar-refractivity contribution in [3.8, 4) is 0 Å². The smallest absolute Gasteiger partial charge is 0.317 e. The average molecular weight is 683 g/mol. The van der Waals surface area contributed by atoms with Gasteiger partial charge in [-0.3, -0.25) is 19.2 Å². The van der Waals surface area contributed by atoms with Gasteiger partial charge in [0.05, 0.1) is 12.8 Å². The Kier molecular flexibility index (Phi) is 24.8. The summed E-state index contributed by atoms with van der Waals surface area (Å²) in [6, 6.07) is 0. The number of ether oxygens (including phenoxy) is 2. The summed E-state index contributed by atoms with van der Waals surface area (Å²) >= 11 is 0. The summed E-state index contributed by atoms with van der Waals surface area (Å²) < 4.78 is 9.75. The molecule has 1 rings (SSSR count). The Labute approximate surface area is 291 Å². The maximum absolute atomic E-state index is 13.5. The molecule has 9 heteroatoms. The molecule has 0 spiro atoms. The lowest BCUT2D eigenvalue weighted by Crippen LogP contribution is -2.71. The molecule has 0 saturated carbocycles. The van der Waals surface area contributed by atoms with Crippen molar-refractivity contribution in [3.05, 3.63) is 0 Å². The predicted octanol–water partition coefficient (Wildman–Crippen LogP) is 8.71. The van der Waals surface area contributed by atoms with E-state index >= 15 is 0 Å². The topological polar surface area (TPSA) is 147 Å². The van der Waals surface area contributed by atoms with Gasteiger partial charge < -0.3 is 24.8 Å². The lowest BCUT2D eigenvalue weighted by Gasteiger charge is -2.42. The first-order valence-electron chi connectivity index (χ1n) is 19.7. The van der Waals surface area contributed by atoms with Crippen molar-refractivity contribution in [2.75, 3.05) is 0 Å². The van der Waals surface area contributed by atoms with Gasteiger partial charge in [0.15, 0.2) is 11.6 Å². The van der Waals surface area contributed by atoms with Gasteiger partial charge in [-0.2, -0.15) is 0 Å². The van der Waals surface area contributed by atoms with Crippen LogP contribution in [0.3, 0.4) is 0 Å². The number of carbonyl (C=O) groups is 4. The van der Waals surface area contributed by atoms with Gasteiger partial charge in [-0.25, -0.2) is 0 Å². The molecule has 0 aliphatic carbocycles. The number of hydrogen-bond donors (Lipinski definition) is 3. The molecular weight excluding hydrogens is 612 g/mol. The van der Waals surface area contributed by atoms with Gasteiger partial charge in [0.2, 0.25) is 0 Å². The van der Waals surface area contributed by atoms with E-state index in [1.807, 2.05) is 0 Å². The highest BCUT2D eigenvalue weighted by molar-refractivity contribution is 6.11. The Morgan fingerprint density at radius 3 is 1.21 bits per heavy atom. The lowest BCUT2D eigenvalue weighted by atomic mass is 9.79. The molecule has 1 aliphatic rings. The van der Waals surface area contributed by atoms with Crippen LogP contribution >= 0.6 is 0 Å². The Hall–Kier alpha value is -1.84. The fourth-order valence-corrected chi connectivity index (χ4v) is 6.52. The minimum atomic E-state index is -3.44. The van der Waals surface area contributed by atoms with Gasteiger partial charge in [-0.05, 0) is 12.8 Å². The molecule has 0 amide bonds. The average Bonchev–Trinajstić information content (AvgIpc) is 3.06. The number of cyclic esters (lactones) is 2. The molecule has 1 aliphatic heterocycles. The van der Waals surface area contributed by atoms with E-state index in [0.29, 0.717) is 25.7 Å². The quantitative estimate of drug-likeness (QED) is 0.0371. The summed E-state index contributed by atoms with van der Waals surface area (Å²) in [5, 5.41) is 33.6. The molecule has 0 aromatic heterocycles. The standard InChI is InChI=1S/C39H70O9/c1-3-5-7-9-11-13-15-17-19-21-23-25-27-29-33(40)38(45,39(46)37(44)47-35(42)31-32-36(43)48-39)34(41)30-28-26-24-22-20-18-16-14-12-10-8-6-4-2/h37,44-46H,3-32H2,1-2H3. The summed E-state index contributed by atoms with van der Waals surface area (Å²) in [5.41, 5.74) is -3.27. The Bertz CT molecular complexity index is 847. The van der Waals surface area contributed by atoms with Crippen LogP contribution in [-0.4, -0.2) is 56.5 Å². The van der Waals surface area contributed by atoms with E-state index in [9.17, 15) is 34.5 Å². The SMILES string of the molecule is CCCCCCCCCCCCCCCC(=O)C(O)(C(=O)CCCCCCCCCCCCCCC)C1(O)OC(=O)CCC(=O)OC1O. The van der Waals surface area contributed by atoms with Crippen molar-refractivity contribution in [1.29, 1.82) is 0 Å². The van der Waals surface area contributed by atoms with Gasteiger partial charge in [0.25, 0.3) is 11.9 Å². The van der Waals surface area contributed by atoms with Gasteiger partial charge in [-0.15, -0.1) is 0 Å². The van der Waals surface area contributed by atoms with Crippen molar-refractivity contribution in [2.24, 2.45) is 0 Å². The molecule has 1 heterocycles. The van der Waals surface area contributed by atoms with E-state index in [4.69, 9.17) is 9.47 Å². The van der Waals surface area contributed by atoms with Crippen molar-refractivity contribution >= 4 is 23.5 Å². The van der Waals surface area contributed by atoms with Crippen molar-refractivity contribution in [3.63, 3.8) is 0 Å². The summed E-state index contributed by atoms with van der Waals surface area (Å²) in [5.74, 6) is -7.71. The second-order valence-corrected chi connectivity index (χ2v) is 14.1. The molecular formula is C39H70O9. The Balaban J connectivity index is 2.60. The molecule has 0 aromatic rings. The fraction of sp³-hybridized carbons (Fsp3) is 0.897. The summed E-state index contributed by atoms with van der Waals surface area (Å²) in [6.07, 6.45) is 24.3. The summed E-state index contributed by atoms with van der Waals surface area (Å²) in [7, 11) is 0. The van der Waals surface area contributed by atoms with Crippen molar-refractivity contribution < 1.29 is 44.0 Å². The third-order valence-corrected chi connectivity index (χ3v) is 9.72. The maximum Gasteiger partial charge on any atom is 0.317 e. The first kappa shape index (κ1) is 44.2. The molecule has 1 saturated heterocycles. The number of ketones is 2. The highest BCUT2D eigenvalue weighted by Crippen LogP contribution is 2.35. The highest BCUT2D eigenvalue weighted by atomic mass is 16.7. The maximum atomic E-state index is 13.5. The largest absolute Gasteiger partial charge is 0.428 e. The zero-order valence-electron chi connectivity index (χ0n) is 30.6. The minimum absolute atomic E-state index is 0.265. The first-order valence-corrected chi connectivity index (χ1v) is 19.7. The number of hydrogen-bond acceptors (Lipinski definition) is 9. The van der Waals surface area contributed by atoms with Crippen LogP contribution in [0.25, 0.3) is 0 Å². The molecule has 0 radical (unpaired) electrons. The highest BCUT2D eigenvalue weighted by Gasteiger charge is 2.67. The predicted molar refractivity (Wildman–Crippen MR) is 188 cm³/mol. The number of Topliss-reactive ketones (excluding diaryl/α,β-unsaturated/α-hetero) is 2. The van der Waals surface area contributed by atoms with Crippen molar-refractivity contribution in [2.45, 2.75) is 224 Å². The van der Waals surface area contributed by atoms with Gasteiger partial charge >= 0.3 is 17.7 Å². The number of esters is 2. The summed E-state index contributed by atoms with van der Waals surface area (Å²) in [4.78, 5) is 51.4. The minimum Gasteiger partial charge on any atom is -0.428 e. The summed E-state index contributed by atoms with van der Waals surface area (Å²) in [6.45, 7) is 4.44. The zero-order valence-corrected chi connectivity index (χ0v) is 30.6. The second-order valence-electron chi connectivity index (χ2n) is 14.1. The second kappa shape index (κ2) is 27.0. The van der Waals surface area contributed by atoms with Crippen LogP contribution < -0.4 is 0 Å². The Morgan fingerprint density at radius 2 is 0.875 bits per heavy atom. The number of aliphatic hydroxyl groups is 3. The van der Waals surface area contributed by atoms with Crippen LogP contribution in [0.1, 0.15) is 206 Å². The normalized spacial score (nSPS) is 18.6. The Morgan fingerprint density at radius 1 is 0.583 bits per heavy atom. The van der Waals surface area contributed by atoms with Crippen LogP contribution in [-0.2, 0) is 28.7 Å². The van der Waals surface area contributed by atoms with Gasteiger partial charge in [0, 0.05) is 12.8 Å². The molecule has 2 atom stereocenters. The molecule has 1 fully saturated rings. The number of unbranched alkanes of at least 4 members (excludes halogenated alkanes) is 24. The van der Waals surface area contributed by atoms with E-state index in [0.717, 1.165) is 38.5 Å². The van der Waals surface area contributed by atoms with Crippen LogP contribution in [0.5, 0.6) is 0 Å². The molecule has 0 bridgehead atoms. The van der Waals surface area contributed by atoms with Crippen LogP contribution in [0.2, 0.25) is 0 Å². The van der Waals surface area contributed by atoms with Crippen LogP contribution in [0.4, 0.5) is 0 Å². The van der Waals surface area contributed by atoms with Crippen molar-refractivity contribution in [1.82, 2.24) is 0 Å². The molecule has 3 N–H and O–H groups in total. The number of rotatable bonds is 31. The van der Waals surface area contributed by atoms with Crippen LogP contribution in [0.15, 0.2) is 0 Å². The first-order chi connectivity index (χ1) is 23.1. The number of carbonyl (C=O) groups excluding carboxylic acids is 4. The van der Waals surface area contributed by atoms with Gasteiger partial charge in [-0.1, -0.05) is 168 Å². The molecule has 2 unspecified atom stereocenters. The van der Waals surface area contributed by atoms with E-state index in [1.165, 1.54) is 103 Å². The third-order valence-electron chi connectivity index (χ3n) is 9.72. The molecule has 0 aromatic carbocycles. The third kappa shape index (κ3) is 17.2. The zero-order chi connectivity index (χ0) is 35.5.